The van der Waals surface area contributed by atoms with E-state index in [1.807, 2.05) is 0 Å². The molecule has 0 amide bonds. The summed E-state index contributed by atoms with van der Waals surface area (Å²) in [6, 6.07) is 5.66. The summed E-state index contributed by atoms with van der Waals surface area (Å²) >= 11 is 0. The fraction of sp³-hybridized carbons (Fsp3) is 0.455. The van der Waals surface area contributed by atoms with Crippen molar-refractivity contribution in [3.8, 4) is 0 Å². The first-order valence-corrected chi connectivity index (χ1v) is 5.08. The van der Waals surface area contributed by atoms with Crippen LogP contribution in [-0.2, 0) is 4.74 Å². The van der Waals surface area contributed by atoms with E-state index in [1.165, 1.54) is 12.1 Å². The predicted octanol–water partition coefficient (Wildman–Crippen LogP) is 3.01. The zero-order valence-electron chi connectivity index (χ0n) is 9.22. The van der Waals surface area contributed by atoms with Crippen LogP contribution in [0.25, 0.3) is 0 Å². The lowest BCUT2D eigenvalue weighted by Gasteiger charge is -2.14. The molecule has 0 aliphatic carbocycles. The Hall–Kier alpha value is -1.14. The number of halogens is 4. The molecule has 0 spiro atoms. The summed E-state index contributed by atoms with van der Waals surface area (Å²) in [5.41, 5.74) is 0.678. The van der Waals surface area contributed by atoms with Gasteiger partial charge in [-0.2, -0.15) is 0 Å². The van der Waals surface area contributed by atoms with Gasteiger partial charge in [0.2, 0.25) is 0 Å². The SMILES string of the molecule is C[C@H](NCCOC(F)(F)F)c1cccc(F)c1. The topological polar surface area (TPSA) is 21.3 Å². The van der Waals surface area contributed by atoms with Crippen LogP contribution in [0.1, 0.15) is 18.5 Å². The van der Waals surface area contributed by atoms with Gasteiger partial charge >= 0.3 is 6.36 Å². The molecule has 1 aromatic carbocycles. The van der Waals surface area contributed by atoms with Crippen molar-refractivity contribution in [2.45, 2.75) is 19.3 Å². The molecular weight excluding hydrogens is 238 g/mol. The van der Waals surface area contributed by atoms with Crippen molar-refractivity contribution in [2.24, 2.45) is 0 Å². The van der Waals surface area contributed by atoms with Gasteiger partial charge in [-0.25, -0.2) is 4.39 Å². The van der Waals surface area contributed by atoms with Crippen molar-refractivity contribution in [1.29, 1.82) is 0 Å². The van der Waals surface area contributed by atoms with Crippen LogP contribution in [0.15, 0.2) is 24.3 Å². The molecular formula is C11H13F4NO. The standard InChI is InChI=1S/C11H13F4NO/c1-8(9-3-2-4-10(12)7-9)16-5-6-17-11(13,14)15/h2-4,7-8,16H,5-6H2,1H3/t8-/m0/s1. The molecule has 17 heavy (non-hydrogen) atoms. The summed E-state index contributed by atoms with van der Waals surface area (Å²) in [7, 11) is 0. The molecule has 0 unspecified atom stereocenters. The van der Waals surface area contributed by atoms with Gasteiger partial charge in [0, 0.05) is 12.6 Å². The molecule has 0 radical (unpaired) electrons. The van der Waals surface area contributed by atoms with Crippen LogP contribution < -0.4 is 5.32 Å². The zero-order valence-corrected chi connectivity index (χ0v) is 9.22. The van der Waals surface area contributed by atoms with Gasteiger partial charge in [0.25, 0.3) is 0 Å². The molecule has 0 bridgehead atoms. The molecule has 0 aliphatic rings. The van der Waals surface area contributed by atoms with Gasteiger partial charge in [0.15, 0.2) is 0 Å². The summed E-state index contributed by atoms with van der Waals surface area (Å²) in [6.07, 6.45) is -4.61. The van der Waals surface area contributed by atoms with E-state index in [0.29, 0.717) is 5.56 Å². The van der Waals surface area contributed by atoms with Crippen LogP contribution in [0.4, 0.5) is 17.6 Å². The number of hydrogen-bond donors (Lipinski definition) is 1. The second-order valence-corrected chi connectivity index (χ2v) is 3.53. The van der Waals surface area contributed by atoms with Crippen molar-refractivity contribution in [3.05, 3.63) is 35.6 Å². The van der Waals surface area contributed by atoms with Crippen molar-refractivity contribution in [2.75, 3.05) is 13.2 Å². The summed E-state index contributed by atoms with van der Waals surface area (Å²) in [6.45, 7) is 1.31. The van der Waals surface area contributed by atoms with Gasteiger partial charge < -0.3 is 5.32 Å². The van der Waals surface area contributed by atoms with Gasteiger partial charge in [-0.05, 0) is 24.6 Å². The van der Waals surface area contributed by atoms with E-state index in [9.17, 15) is 17.6 Å². The van der Waals surface area contributed by atoms with Crippen LogP contribution in [0.5, 0.6) is 0 Å². The smallest absolute Gasteiger partial charge is 0.308 e. The number of alkyl halides is 3. The molecule has 1 N–H and O–H groups in total. The summed E-state index contributed by atoms with van der Waals surface area (Å²) in [5.74, 6) is -0.373. The largest absolute Gasteiger partial charge is 0.522 e. The molecule has 1 rings (SSSR count). The summed E-state index contributed by atoms with van der Waals surface area (Å²) in [4.78, 5) is 0. The third-order valence-corrected chi connectivity index (χ3v) is 2.17. The average Bonchev–Trinajstić information content (AvgIpc) is 2.23. The number of benzene rings is 1. The van der Waals surface area contributed by atoms with Crippen molar-refractivity contribution in [3.63, 3.8) is 0 Å². The molecule has 0 saturated heterocycles. The molecule has 2 nitrogen and oxygen atoms in total. The zero-order chi connectivity index (χ0) is 12.9. The van der Waals surface area contributed by atoms with Gasteiger partial charge in [-0.1, -0.05) is 12.1 Å². The fourth-order valence-electron chi connectivity index (χ4n) is 1.34. The molecule has 6 heteroatoms. The number of hydrogen-bond acceptors (Lipinski definition) is 2. The Kier molecular flexibility index (Phi) is 4.89. The second kappa shape index (κ2) is 5.97. The quantitative estimate of drug-likeness (QED) is 0.641. The molecule has 0 fully saturated rings. The van der Waals surface area contributed by atoms with Crippen LogP contribution in [0.2, 0.25) is 0 Å². The Morgan fingerprint density at radius 2 is 2.06 bits per heavy atom. The van der Waals surface area contributed by atoms with E-state index >= 15 is 0 Å². The van der Waals surface area contributed by atoms with Gasteiger partial charge in [0.1, 0.15) is 5.82 Å². The van der Waals surface area contributed by atoms with E-state index in [2.05, 4.69) is 10.1 Å². The first-order chi connectivity index (χ1) is 7.88. The normalized spacial score (nSPS) is 13.7. The summed E-state index contributed by atoms with van der Waals surface area (Å²) < 4.78 is 51.4. The first-order valence-electron chi connectivity index (χ1n) is 5.08. The van der Waals surface area contributed by atoms with E-state index in [1.54, 1.807) is 19.1 Å². The van der Waals surface area contributed by atoms with Crippen molar-refractivity contribution in [1.82, 2.24) is 5.32 Å². The maximum Gasteiger partial charge on any atom is 0.522 e. The van der Waals surface area contributed by atoms with Gasteiger partial charge in [-0.15, -0.1) is 13.2 Å². The molecule has 0 aromatic heterocycles. The Morgan fingerprint density at radius 1 is 1.35 bits per heavy atom. The molecule has 0 aliphatic heterocycles. The Morgan fingerprint density at radius 3 is 2.65 bits per heavy atom. The fourth-order valence-corrected chi connectivity index (χ4v) is 1.34. The third kappa shape index (κ3) is 5.65. The maximum absolute atomic E-state index is 12.9. The second-order valence-electron chi connectivity index (χ2n) is 3.53. The molecule has 1 atom stereocenters. The lowest BCUT2D eigenvalue weighted by atomic mass is 10.1. The predicted molar refractivity (Wildman–Crippen MR) is 54.8 cm³/mol. The lowest BCUT2D eigenvalue weighted by molar-refractivity contribution is -0.323. The highest BCUT2D eigenvalue weighted by atomic mass is 19.4. The Balaban J connectivity index is 2.33. The minimum Gasteiger partial charge on any atom is -0.308 e. The van der Waals surface area contributed by atoms with Crippen LogP contribution in [-0.4, -0.2) is 19.5 Å². The number of rotatable bonds is 5. The van der Waals surface area contributed by atoms with Crippen molar-refractivity contribution >= 4 is 0 Å². The van der Waals surface area contributed by atoms with Gasteiger partial charge in [0.05, 0.1) is 6.61 Å². The lowest BCUT2D eigenvalue weighted by Crippen LogP contribution is -2.26. The van der Waals surface area contributed by atoms with Crippen LogP contribution >= 0.6 is 0 Å². The van der Waals surface area contributed by atoms with Gasteiger partial charge in [-0.3, -0.25) is 4.74 Å². The molecule has 0 saturated carbocycles. The minimum absolute atomic E-state index is 0.0389. The van der Waals surface area contributed by atoms with Crippen LogP contribution in [0.3, 0.4) is 0 Å². The van der Waals surface area contributed by atoms with Crippen molar-refractivity contribution < 1.29 is 22.3 Å². The Bertz CT molecular complexity index is 354. The van der Waals surface area contributed by atoms with E-state index in [-0.39, 0.29) is 18.4 Å². The highest BCUT2D eigenvalue weighted by Crippen LogP contribution is 2.16. The van der Waals surface area contributed by atoms with E-state index in [0.717, 1.165) is 0 Å². The Labute approximate surface area is 96.6 Å². The number of nitrogens with one attached hydrogen (secondary N) is 1. The van der Waals surface area contributed by atoms with E-state index < -0.39 is 13.0 Å². The molecule has 96 valence electrons. The minimum atomic E-state index is -4.61. The molecule has 0 heterocycles. The first kappa shape index (κ1) is 13.9. The van der Waals surface area contributed by atoms with Crippen LogP contribution in [0, 0.1) is 5.82 Å². The number of ether oxygens (including phenoxy) is 1. The monoisotopic (exact) mass is 251 g/mol. The third-order valence-electron chi connectivity index (χ3n) is 2.17. The highest BCUT2D eigenvalue weighted by Gasteiger charge is 2.28. The maximum atomic E-state index is 12.9. The summed E-state index contributed by atoms with van der Waals surface area (Å²) in [5, 5.41) is 2.81. The molecule has 1 aromatic rings. The van der Waals surface area contributed by atoms with E-state index in [4.69, 9.17) is 0 Å². The average molecular weight is 251 g/mol. The highest BCUT2D eigenvalue weighted by molar-refractivity contribution is 5.19.